The first kappa shape index (κ1) is 9.35. The zero-order chi connectivity index (χ0) is 9.35. The van der Waals surface area contributed by atoms with Gasteiger partial charge in [-0.3, -0.25) is 5.01 Å². The standard InChI is InChI=1S/C7H11F3N2/c1-5-3-6(7(8,9)10)11-12(2)4-5/h5H,3-4H2,1-2H3. The highest BCUT2D eigenvalue weighted by Crippen LogP contribution is 2.25. The number of hydrazone groups is 1. The number of hydrogen-bond acceptors (Lipinski definition) is 2. The summed E-state index contributed by atoms with van der Waals surface area (Å²) < 4.78 is 36.4. The molecule has 1 aliphatic heterocycles. The van der Waals surface area contributed by atoms with Crippen LogP contribution >= 0.6 is 0 Å². The van der Waals surface area contributed by atoms with Gasteiger partial charge >= 0.3 is 6.18 Å². The second-order valence-corrected chi connectivity index (χ2v) is 3.19. The van der Waals surface area contributed by atoms with E-state index in [1.165, 1.54) is 5.01 Å². The van der Waals surface area contributed by atoms with Gasteiger partial charge in [0, 0.05) is 20.0 Å². The summed E-state index contributed by atoms with van der Waals surface area (Å²) in [6.45, 7) is 2.39. The molecule has 2 nitrogen and oxygen atoms in total. The largest absolute Gasteiger partial charge is 0.431 e. The Labute approximate surface area is 69.0 Å². The Morgan fingerprint density at radius 3 is 2.50 bits per heavy atom. The van der Waals surface area contributed by atoms with Gasteiger partial charge in [-0.2, -0.15) is 18.3 Å². The summed E-state index contributed by atoms with van der Waals surface area (Å²) in [5, 5.41) is 4.77. The molecular weight excluding hydrogens is 169 g/mol. The average molecular weight is 180 g/mol. The minimum Gasteiger partial charge on any atom is -0.300 e. The Morgan fingerprint density at radius 1 is 1.50 bits per heavy atom. The molecule has 1 rings (SSSR count). The van der Waals surface area contributed by atoms with Crippen LogP contribution in [-0.4, -0.2) is 30.5 Å². The fourth-order valence-electron chi connectivity index (χ4n) is 1.31. The summed E-state index contributed by atoms with van der Waals surface area (Å²) in [7, 11) is 1.56. The quantitative estimate of drug-likeness (QED) is 0.555. The van der Waals surface area contributed by atoms with Gasteiger partial charge in [-0.15, -0.1) is 0 Å². The molecule has 0 fully saturated rings. The van der Waals surface area contributed by atoms with E-state index in [1.807, 2.05) is 0 Å². The van der Waals surface area contributed by atoms with Gasteiger partial charge in [0.15, 0.2) is 0 Å². The van der Waals surface area contributed by atoms with Crippen LogP contribution in [-0.2, 0) is 0 Å². The molecule has 1 atom stereocenters. The van der Waals surface area contributed by atoms with Crippen LogP contribution in [0.25, 0.3) is 0 Å². The number of alkyl halides is 3. The van der Waals surface area contributed by atoms with Crippen LogP contribution in [0.3, 0.4) is 0 Å². The molecule has 0 aromatic heterocycles. The number of halogens is 3. The van der Waals surface area contributed by atoms with Gasteiger partial charge in [0.1, 0.15) is 5.71 Å². The number of rotatable bonds is 0. The molecule has 1 aliphatic rings. The lowest BCUT2D eigenvalue weighted by Gasteiger charge is -2.26. The van der Waals surface area contributed by atoms with Crippen molar-refractivity contribution in [2.24, 2.45) is 11.0 Å². The predicted molar refractivity (Wildman–Crippen MR) is 39.9 cm³/mol. The third-order valence-corrected chi connectivity index (χ3v) is 1.74. The SMILES string of the molecule is CC1CC(C(F)(F)F)=NN(C)C1. The lowest BCUT2D eigenvalue weighted by molar-refractivity contribution is -0.0640. The van der Waals surface area contributed by atoms with Crippen molar-refractivity contribution in [3.8, 4) is 0 Å². The van der Waals surface area contributed by atoms with Gasteiger partial charge in [-0.1, -0.05) is 6.92 Å². The first-order chi connectivity index (χ1) is 5.39. The maximum Gasteiger partial charge on any atom is 0.431 e. The molecule has 0 saturated carbocycles. The van der Waals surface area contributed by atoms with Gasteiger partial charge in [-0.05, 0) is 5.92 Å². The van der Waals surface area contributed by atoms with Gasteiger partial charge in [0.05, 0.1) is 0 Å². The van der Waals surface area contributed by atoms with Crippen molar-refractivity contribution in [1.82, 2.24) is 5.01 Å². The van der Waals surface area contributed by atoms with E-state index in [-0.39, 0.29) is 12.3 Å². The summed E-state index contributed by atoms with van der Waals surface area (Å²) in [5.41, 5.74) is -0.663. The number of hydrogen-bond donors (Lipinski definition) is 0. The van der Waals surface area contributed by atoms with Crippen LogP contribution in [0.1, 0.15) is 13.3 Å². The molecule has 0 N–H and O–H groups in total. The maximum absolute atomic E-state index is 12.1. The highest BCUT2D eigenvalue weighted by Gasteiger charge is 2.38. The fraction of sp³-hybridized carbons (Fsp3) is 0.857. The van der Waals surface area contributed by atoms with Crippen molar-refractivity contribution in [2.45, 2.75) is 19.5 Å². The highest BCUT2D eigenvalue weighted by molar-refractivity contribution is 5.90. The molecule has 12 heavy (non-hydrogen) atoms. The van der Waals surface area contributed by atoms with Gasteiger partial charge < -0.3 is 0 Å². The lowest BCUT2D eigenvalue weighted by Crippen LogP contribution is -2.35. The molecular formula is C7H11F3N2. The Balaban J connectivity index is 2.77. The van der Waals surface area contributed by atoms with Crippen molar-refractivity contribution in [3.63, 3.8) is 0 Å². The molecule has 0 saturated heterocycles. The van der Waals surface area contributed by atoms with Crippen LogP contribution < -0.4 is 0 Å². The summed E-state index contributed by atoms with van der Waals surface area (Å²) >= 11 is 0. The summed E-state index contributed by atoms with van der Waals surface area (Å²) in [4.78, 5) is 0. The fourth-order valence-corrected chi connectivity index (χ4v) is 1.31. The van der Waals surface area contributed by atoms with E-state index in [4.69, 9.17) is 0 Å². The molecule has 0 bridgehead atoms. The van der Waals surface area contributed by atoms with Crippen molar-refractivity contribution in [2.75, 3.05) is 13.6 Å². The van der Waals surface area contributed by atoms with E-state index in [1.54, 1.807) is 14.0 Å². The molecule has 0 aromatic carbocycles. The first-order valence-electron chi connectivity index (χ1n) is 3.75. The molecule has 0 radical (unpaired) electrons. The van der Waals surface area contributed by atoms with Gasteiger partial charge in [0.25, 0.3) is 0 Å². The molecule has 1 unspecified atom stereocenters. The highest BCUT2D eigenvalue weighted by atomic mass is 19.4. The van der Waals surface area contributed by atoms with Crippen molar-refractivity contribution in [3.05, 3.63) is 0 Å². The Kier molecular flexibility index (Phi) is 2.30. The zero-order valence-corrected chi connectivity index (χ0v) is 7.02. The average Bonchev–Trinajstić information content (AvgIpc) is 1.82. The van der Waals surface area contributed by atoms with Crippen LogP contribution in [0, 0.1) is 5.92 Å². The molecule has 5 heteroatoms. The monoisotopic (exact) mass is 180 g/mol. The van der Waals surface area contributed by atoms with E-state index in [9.17, 15) is 13.2 Å². The molecule has 0 aliphatic carbocycles. The maximum atomic E-state index is 12.1. The van der Waals surface area contributed by atoms with Crippen LogP contribution in [0.5, 0.6) is 0 Å². The second kappa shape index (κ2) is 2.95. The van der Waals surface area contributed by atoms with Gasteiger partial charge in [0.2, 0.25) is 0 Å². The van der Waals surface area contributed by atoms with Crippen molar-refractivity contribution in [1.29, 1.82) is 0 Å². The Bertz CT molecular complexity index is 197. The molecule has 70 valence electrons. The third-order valence-electron chi connectivity index (χ3n) is 1.74. The lowest BCUT2D eigenvalue weighted by atomic mass is 10.0. The van der Waals surface area contributed by atoms with E-state index < -0.39 is 11.9 Å². The van der Waals surface area contributed by atoms with E-state index in [0.29, 0.717) is 6.54 Å². The first-order valence-corrected chi connectivity index (χ1v) is 3.75. The van der Waals surface area contributed by atoms with E-state index in [2.05, 4.69) is 5.10 Å². The minimum atomic E-state index is -4.26. The molecule has 0 amide bonds. The molecule has 0 aromatic rings. The van der Waals surface area contributed by atoms with Crippen LogP contribution in [0.2, 0.25) is 0 Å². The van der Waals surface area contributed by atoms with Crippen LogP contribution in [0.15, 0.2) is 5.10 Å². The normalized spacial score (nSPS) is 25.6. The topological polar surface area (TPSA) is 15.6 Å². The zero-order valence-electron chi connectivity index (χ0n) is 7.02. The van der Waals surface area contributed by atoms with Crippen LogP contribution in [0.4, 0.5) is 13.2 Å². The Morgan fingerprint density at radius 2 is 2.08 bits per heavy atom. The van der Waals surface area contributed by atoms with E-state index in [0.717, 1.165) is 0 Å². The minimum absolute atomic E-state index is 0.0316. The Hall–Kier alpha value is -0.740. The van der Waals surface area contributed by atoms with E-state index >= 15 is 0 Å². The molecule has 1 heterocycles. The van der Waals surface area contributed by atoms with Gasteiger partial charge in [-0.25, -0.2) is 0 Å². The smallest absolute Gasteiger partial charge is 0.300 e. The predicted octanol–water partition coefficient (Wildman–Crippen LogP) is 1.88. The summed E-state index contributed by atoms with van der Waals surface area (Å²) in [6, 6.07) is 0. The summed E-state index contributed by atoms with van der Waals surface area (Å²) in [5.74, 6) is 0.0316. The third kappa shape index (κ3) is 2.12. The second-order valence-electron chi connectivity index (χ2n) is 3.19. The molecule has 0 spiro atoms. The number of nitrogens with zero attached hydrogens (tertiary/aromatic N) is 2. The van der Waals surface area contributed by atoms with Crippen molar-refractivity contribution >= 4 is 5.71 Å². The summed E-state index contributed by atoms with van der Waals surface area (Å²) in [6.07, 6.45) is -4.23. The van der Waals surface area contributed by atoms with Crippen molar-refractivity contribution < 1.29 is 13.2 Å².